The summed E-state index contributed by atoms with van der Waals surface area (Å²) in [6.45, 7) is 3.50. The first-order chi connectivity index (χ1) is 14.7. The van der Waals surface area contributed by atoms with Crippen LogP contribution in [0.1, 0.15) is 59.4 Å². The Morgan fingerprint density at radius 2 is 1.77 bits per heavy atom. The lowest BCUT2D eigenvalue weighted by Crippen LogP contribution is -2.10. The van der Waals surface area contributed by atoms with Crippen LogP contribution >= 0.6 is 0 Å². The molecule has 0 saturated heterocycles. The highest BCUT2D eigenvalue weighted by atomic mass is 16.5. The van der Waals surface area contributed by atoms with Crippen LogP contribution in [-0.2, 0) is 6.61 Å². The van der Waals surface area contributed by atoms with Crippen LogP contribution in [-0.4, -0.2) is 18.8 Å². The average Bonchev–Trinajstić information content (AvgIpc) is 3.11. The molecule has 3 aromatic rings. The van der Waals surface area contributed by atoms with Gasteiger partial charge >= 0.3 is 0 Å². The molecule has 5 rings (SSSR count). The number of hydrogen-bond acceptors (Lipinski definition) is 4. The van der Waals surface area contributed by atoms with Crippen LogP contribution in [0.3, 0.4) is 0 Å². The minimum atomic E-state index is 0.100. The maximum atomic E-state index is 10.7. The molecule has 0 amide bonds. The van der Waals surface area contributed by atoms with Crippen molar-refractivity contribution in [3.8, 4) is 23.0 Å². The molecule has 2 unspecified atom stereocenters. The molecule has 4 nitrogen and oxygen atoms in total. The number of phenols is 1. The number of methoxy groups -OCH3 is 1. The van der Waals surface area contributed by atoms with Crippen LogP contribution in [0.2, 0.25) is 0 Å². The molecule has 0 spiro atoms. The zero-order chi connectivity index (χ0) is 20.7. The predicted molar refractivity (Wildman–Crippen MR) is 116 cm³/mol. The molecule has 1 heterocycles. The quantitative estimate of drug-likeness (QED) is 0.570. The third-order valence-corrected chi connectivity index (χ3v) is 6.24. The summed E-state index contributed by atoms with van der Waals surface area (Å²) in [5.41, 5.74) is 6.04. The molecule has 2 aliphatic rings. The van der Waals surface area contributed by atoms with Gasteiger partial charge in [0.2, 0.25) is 0 Å². The van der Waals surface area contributed by atoms with E-state index in [0.29, 0.717) is 19.0 Å². The first-order valence-electron chi connectivity index (χ1n) is 10.6. The van der Waals surface area contributed by atoms with Crippen LogP contribution in [0, 0.1) is 0 Å². The van der Waals surface area contributed by atoms with E-state index in [1.807, 2.05) is 12.1 Å². The number of aromatic hydroxyl groups is 1. The highest BCUT2D eigenvalue weighted by molar-refractivity contribution is 5.56. The smallest absolute Gasteiger partial charge is 0.126 e. The first-order valence-corrected chi connectivity index (χ1v) is 10.6. The van der Waals surface area contributed by atoms with Gasteiger partial charge in [-0.15, -0.1) is 0 Å². The molecule has 3 aromatic carbocycles. The van der Waals surface area contributed by atoms with Gasteiger partial charge in [0.1, 0.15) is 29.6 Å². The lowest BCUT2D eigenvalue weighted by atomic mass is 9.89. The van der Waals surface area contributed by atoms with Gasteiger partial charge in [-0.2, -0.15) is 0 Å². The summed E-state index contributed by atoms with van der Waals surface area (Å²) in [6.07, 6.45) is 1.88. The van der Waals surface area contributed by atoms with E-state index in [1.165, 1.54) is 22.3 Å². The van der Waals surface area contributed by atoms with Gasteiger partial charge in [0.15, 0.2) is 0 Å². The highest BCUT2D eigenvalue weighted by Crippen LogP contribution is 2.51. The maximum Gasteiger partial charge on any atom is 0.126 e. The molecular formula is C26H26O4. The fourth-order valence-corrected chi connectivity index (χ4v) is 4.67. The van der Waals surface area contributed by atoms with Crippen molar-refractivity contribution in [1.82, 2.24) is 0 Å². The van der Waals surface area contributed by atoms with Crippen LogP contribution in [0.15, 0.2) is 54.6 Å². The maximum absolute atomic E-state index is 10.7. The second-order valence-electron chi connectivity index (χ2n) is 8.06. The SMILES string of the molecule is CCCOc1ccc2c(c1)C(c1ccc(OC)cc1O)CC2c1ccc2c(c1)CO2. The molecule has 30 heavy (non-hydrogen) atoms. The van der Waals surface area contributed by atoms with Crippen LogP contribution in [0.5, 0.6) is 23.0 Å². The van der Waals surface area contributed by atoms with Gasteiger partial charge in [-0.3, -0.25) is 0 Å². The molecule has 1 aliphatic carbocycles. The molecule has 2 atom stereocenters. The molecule has 0 bridgehead atoms. The standard InChI is InChI=1S/C26H26O4/c1-3-10-29-19-6-7-20-22(16-4-9-26-17(11-16)15-30-26)14-24(23(20)12-19)21-8-5-18(28-2)13-25(21)27/h4-9,11-13,22,24,27H,3,10,14-15H2,1-2H3. The molecule has 1 N–H and O–H groups in total. The first kappa shape index (κ1) is 18.9. The van der Waals surface area contributed by atoms with Gasteiger partial charge in [-0.1, -0.05) is 25.1 Å². The fourth-order valence-electron chi connectivity index (χ4n) is 4.67. The molecule has 0 radical (unpaired) electrons. The summed E-state index contributed by atoms with van der Waals surface area (Å²) in [5, 5.41) is 10.7. The minimum absolute atomic E-state index is 0.100. The molecule has 4 heteroatoms. The Hall–Kier alpha value is -3.14. The van der Waals surface area contributed by atoms with Gasteiger partial charge in [-0.25, -0.2) is 0 Å². The number of phenolic OH excluding ortho intramolecular Hbond substituents is 1. The molecule has 0 fully saturated rings. The second-order valence-corrected chi connectivity index (χ2v) is 8.06. The molecule has 0 saturated carbocycles. The van der Waals surface area contributed by atoms with E-state index >= 15 is 0 Å². The van der Waals surface area contributed by atoms with E-state index in [-0.39, 0.29) is 17.6 Å². The van der Waals surface area contributed by atoms with Crippen LogP contribution < -0.4 is 14.2 Å². The van der Waals surface area contributed by atoms with Gasteiger partial charge in [0, 0.05) is 29.0 Å². The van der Waals surface area contributed by atoms with E-state index in [1.54, 1.807) is 13.2 Å². The Morgan fingerprint density at radius 1 is 0.933 bits per heavy atom. The van der Waals surface area contributed by atoms with Crippen molar-refractivity contribution >= 4 is 0 Å². The highest BCUT2D eigenvalue weighted by Gasteiger charge is 2.35. The number of fused-ring (bicyclic) bond motifs is 2. The zero-order valence-electron chi connectivity index (χ0n) is 17.4. The Balaban J connectivity index is 1.57. The van der Waals surface area contributed by atoms with E-state index in [9.17, 15) is 5.11 Å². The number of benzene rings is 3. The van der Waals surface area contributed by atoms with Crippen LogP contribution in [0.4, 0.5) is 0 Å². The van der Waals surface area contributed by atoms with Crippen molar-refractivity contribution in [1.29, 1.82) is 0 Å². The summed E-state index contributed by atoms with van der Waals surface area (Å²) in [5.74, 6) is 3.19. The van der Waals surface area contributed by atoms with Gasteiger partial charge < -0.3 is 19.3 Å². The Kier molecular flexibility index (Phi) is 4.78. The average molecular weight is 402 g/mol. The van der Waals surface area contributed by atoms with Crippen molar-refractivity contribution in [2.75, 3.05) is 13.7 Å². The largest absolute Gasteiger partial charge is 0.508 e. The normalized spacial score (nSPS) is 18.7. The minimum Gasteiger partial charge on any atom is -0.508 e. The zero-order valence-corrected chi connectivity index (χ0v) is 17.4. The molecular weight excluding hydrogens is 376 g/mol. The van der Waals surface area contributed by atoms with Crippen molar-refractivity contribution in [3.05, 3.63) is 82.4 Å². The third kappa shape index (κ3) is 3.17. The lowest BCUT2D eigenvalue weighted by Gasteiger charge is -2.23. The molecule has 1 aliphatic heterocycles. The van der Waals surface area contributed by atoms with Crippen molar-refractivity contribution in [2.45, 2.75) is 38.2 Å². The lowest BCUT2D eigenvalue weighted by molar-refractivity contribution is 0.243. The van der Waals surface area contributed by atoms with E-state index in [0.717, 1.165) is 29.9 Å². The number of ether oxygens (including phenoxy) is 3. The summed E-state index contributed by atoms with van der Waals surface area (Å²) in [4.78, 5) is 0. The summed E-state index contributed by atoms with van der Waals surface area (Å²) in [7, 11) is 1.61. The molecule has 154 valence electrons. The summed E-state index contributed by atoms with van der Waals surface area (Å²) in [6, 6.07) is 18.5. The van der Waals surface area contributed by atoms with E-state index in [4.69, 9.17) is 14.2 Å². The van der Waals surface area contributed by atoms with Crippen molar-refractivity contribution < 1.29 is 19.3 Å². The monoisotopic (exact) mass is 402 g/mol. The van der Waals surface area contributed by atoms with E-state index in [2.05, 4.69) is 43.3 Å². The third-order valence-electron chi connectivity index (χ3n) is 6.24. The van der Waals surface area contributed by atoms with Gasteiger partial charge in [0.25, 0.3) is 0 Å². The van der Waals surface area contributed by atoms with E-state index < -0.39 is 0 Å². The fraction of sp³-hybridized carbons (Fsp3) is 0.308. The topological polar surface area (TPSA) is 47.9 Å². The van der Waals surface area contributed by atoms with Crippen molar-refractivity contribution in [2.24, 2.45) is 0 Å². The number of hydrogen-bond donors (Lipinski definition) is 1. The Bertz CT molecular complexity index is 1090. The molecule has 0 aromatic heterocycles. The Morgan fingerprint density at radius 3 is 2.47 bits per heavy atom. The van der Waals surface area contributed by atoms with Gasteiger partial charge in [-0.05, 0) is 59.9 Å². The predicted octanol–water partition coefficient (Wildman–Crippen LogP) is 5.75. The van der Waals surface area contributed by atoms with Crippen molar-refractivity contribution in [3.63, 3.8) is 0 Å². The Labute approximate surface area is 177 Å². The number of rotatable bonds is 6. The summed E-state index contributed by atoms with van der Waals surface area (Å²) < 4.78 is 16.7. The van der Waals surface area contributed by atoms with Gasteiger partial charge in [0.05, 0.1) is 13.7 Å². The van der Waals surface area contributed by atoms with Crippen LogP contribution in [0.25, 0.3) is 0 Å². The summed E-state index contributed by atoms with van der Waals surface area (Å²) >= 11 is 0. The second kappa shape index (κ2) is 7.60.